The highest BCUT2D eigenvalue weighted by Gasteiger charge is 2.18. The predicted molar refractivity (Wildman–Crippen MR) is 104 cm³/mol. The lowest BCUT2D eigenvalue weighted by atomic mass is 10.1. The van der Waals surface area contributed by atoms with Crippen LogP contribution in [-0.4, -0.2) is 10.5 Å². The molecule has 0 atom stereocenters. The number of pyridine rings is 1. The standard InChI is InChI=1S/C21H28N2O2/c1-6-7-8-11-23-16(4)13-19(24)20(17(23)5)21(25)22-18-10-9-14(2)12-15(18)3/h9-10,12-13H,6-8,11H2,1-5H3,(H,22,25). The van der Waals surface area contributed by atoms with Gasteiger partial charge in [-0.1, -0.05) is 37.5 Å². The number of benzene rings is 1. The molecule has 25 heavy (non-hydrogen) atoms. The first-order valence-electron chi connectivity index (χ1n) is 8.94. The molecule has 0 unspecified atom stereocenters. The molecule has 0 aliphatic carbocycles. The Hall–Kier alpha value is -2.36. The summed E-state index contributed by atoms with van der Waals surface area (Å²) in [5.74, 6) is -0.335. The Labute approximate surface area is 149 Å². The second kappa shape index (κ2) is 8.15. The van der Waals surface area contributed by atoms with Crippen LogP contribution in [0, 0.1) is 27.7 Å². The highest BCUT2D eigenvalue weighted by molar-refractivity contribution is 6.05. The fourth-order valence-electron chi connectivity index (χ4n) is 3.20. The van der Waals surface area contributed by atoms with Crippen LogP contribution in [0.25, 0.3) is 0 Å². The highest BCUT2D eigenvalue weighted by atomic mass is 16.2. The topological polar surface area (TPSA) is 51.1 Å². The van der Waals surface area contributed by atoms with Crippen LogP contribution < -0.4 is 10.7 Å². The first-order chi connectivity index (χ1) is 11.8. The van der Waals surface area contributed by atoms with Crippen molar-refractivity contribution in [3.8, 4) is 0 Å². The van der Waals surface area contributed by atoms with Gasteiger partial charge in [-0.25, -0.2) is 0 Å². The molecule has 4 heteroatoms. The Morgan fingerprint density at radius 2 is 1.80 bits per heavy atom. The molecule has 1 N–H and O–H groups in total. The normalized spacial score (nSPS) is 10.8. The van der Waals surface area contributed by atoms with Gasteiger partial charge in [0.1, 0.15) is 5.56 Å². The van der Waals surface area contributed by atoms with Gasteiger partial charge in [-0.3, -0.25) is 9.59 Å². The molecule has 1 aromatic heterocycles. The third kappa shape index (κ3) is 4.38. The molecule has 0 saturated carbocycles. The van der Waals surface area contributed by atoms with Gasteiger partial charge in [0.15, 0.2) is 5.43 Å². The Balaban J connectivity index is 2.35. The number of anilines is 1. The van der Waals surface area contributed by atoms with Gasteiger partial charge in [0.05, 0.1) is 0 Å². The molecule has 1 aromatic carbocycles. The van der Waals surface area contributed by atoms with Gasteiger partial charge < -0.3 is 9.88 Å². The van der Waals surface area contributed by atoms with Crippen LogP contribution in [0.3, 0.4) is 0 Å². The zero-order valence-corrected chi connectivity index (χ0v) is 15.9. The summed E-state index contributed by atoms with van der Waals surface area (Å²) in [7, 11) is 0. The van der Waals surface area contributed by atoms with Crippen LogP contribution in [0.2, 0.25) is 0 Å². The molecule has 0 radical (unpaired) electrons. The quantitative estimate of drug-likeness (QED) is 0.786. The molecule has 0 spiro atoms. The molecule has 0 aliphatic rings. The van der Waals surface area contributed by atoms with E-state index < -0.39 is 0 Å². The van der Waals surface area contributed by atoms with Crippen molar-refractivity contribution in [2.75, 3.05) is 5.32 Å². The van der Waals surface area contributed by atoms with Crippen molar-refractivity contribution in [3.63, 3.8) is 0 Å². The highest BCUT2D eigenvalue weighted by Crippen LogP contribution is 2.18. The van der Waals surface area contributed by atoms with Gasteiger partial charge in [0, 0.05) is 29.7 Å². The Kier molecular flexibility index (Phi) is 6.18. The monoisotopic (exact) mass is 340 g/mol. The van der Waals surface area contributed by atoms with E-state index in [1.54, 1.807) is 6.07 Å². The van der Waals surface area contributed by atoms with E-state index >= 15 is 0 Å². The number of hydrogen-bond donors (Lipinski definition) is 1. The minimum absolute atomic E-state index is 0.219. The third-order valence-corrected chi connectivity index (χ3v) is 4.62. The molecule has 2 aromatic rings. The first-order valence-corrected chi connectivity index (χ1v) is 8.94. The van der Waals surface area contributed by atoms with Crippen molar-refractivity contribution < 1.29 is 4.79 Å². The van der Waals surface area contributed by atoms with Gasteiger partial charge >= 0.3 is 0 Å². The van der Waals surface area contributed by atoms with Crippen LogP contribution in [0.15, 0.2) is 29.1 Å². The van der Waals surface area contributed by atoms with Crippen LogP contribution in [-0.2, 0) is 6.54 Å². The summed E-state index contributed by atoms with van der Waals surface area (Å²) in [6.07, 6.45) is 3.31. The summed E-state index contributed by atoms with van der Waals surface area (Å²) < 4.78 is 2.08. The van der Waals surface area contributed by atoms with Crippen molar-refractivity contribution in [1.29, 1.82) is 0 Å². The summed E-state index contributed by atoms with van der Waals surface area (Å²) in [6.45, 7) is 10.7. The minimum Gasteiger partial charge on any atom is -0.348 e. The number of hydrogen-bond acceptors (Lipinski definition) is 2. The number of nitrogens with one attached hydrogen (secondary N) is 1. The molecule has 0 aliphatic heterocycles. The zero-order valence-electron chi connectivity index (χ0n) is 15.9. The van der Waals surface area contributed by atoms with Gasteiger partial charge in [-0.05, 0) is 45.7 Å². The number of rotatable bonds is 6. The summed E-state index contributed by atoms with van der Waals surface area (Å²) in [5, 5.41) is 2.90. The van der Waals surface area contributed by atoms with Gasteiger partial charge in [-0.2, -0.15) is 0 Å². The lowest BCUT2D eigenvalue weighted by Crippen LogP contribution is -2.27. The Morgan fingerprint density at radius 3 is 2.44 bits per heavy atom. The Bertz CT molecular complexity index is 835. The van der Waals surface area contributed by atoms with Crippen molar-refractivity contribution >= 4 is 11.6 Å². The summed E-state index contributed by atoms with van der Waals surface area (Å²) >= 11 is 0. The predicted octanol–water partition coefficient (Wildman–Crippen LogP) is 4.52. The van der Waals surface area contributed by atoms with Crippen molar-refractivity contribution in [2.24, 2.45) is 0 Å². The van der Waals surface area contributed by atoms with Crippen LogP contribution in [0.4, 0.5) is 5.69 Å². The summed E-state index contributed by atoms with van der Waals surface area (Å²) in [4.78, 5) is 25.2. The number of carbonyl (C=O) groups excluding carboxylic acids is 1. The number of carbonyl (C=O) groups is 1. The molecule has 1 heterocycles. The SMILES string of the molecule is CCCCCn1c(C)cc(=O)c(C(=O)Nc2ccc(C)cc2C)c1C. The summed E-state index contributed by atoms with van der Waals surface area (Å²) in [6, 6.07) is 7.41. The molecular weight excluding hydrogens is 312 g/mol. The van der Waals surface area contributed by atoms with E-state index in [0.29, 0.717) is 0 Å². The molecule has 0 bridgehead atoms. The second-order valence-corrected chi connectivity index (χ2v) is 6.74. The van der Waals surface area contributed by atoms with Crippen molar-refractivity contribution in [1.82, 2.24) is 4.57 Å². The van der Waals surface area contributed by atoms with Gasteiger partial charge in [0.2, 0.25) is 0 Å². The number of nitrogens with zero attached hydrogens (tertiary/aromatic N) is 1. The van der Waals surface area contributed by atoms with Crippen LogP contribution in [0.1, 0.15) is 59.1 Å². The second-order valence-electron chi connectivity index (χ2n) is 6.74. The maximum Gasteiger partial charge on any atom is 0.261 e. The molecule has 134 valence electrons. The lowest BCUT2D eigenvalue weighted by Gasteiger charge is -2.18. The molecule has 0 fully saturated rings. The van der Waals surface area contributed by atoms with E-state index in [-0.39, 0.29) is 16.9 Å². The molecule has 1 amide bonds. The lowest BCUT2D eigenvalue weighted by molar-refractivity contribution is 0.102. The maximum absolute atomic E-state index is 12.8. The fraction of sp³-hybridized carbons (Fsp3) is 0.429. The maximum atomic E-state index is 12.8. The smallest absolute Gasteiger partial charge is 0.261 e. The molecule has 0 saturated heterocycles. The zero-order chi connectivity index (χ0) is 18.6. The van der Waals surface area contributed by atoms with Crippen LogP contribution >= 0.6 is 0 Å². The van der Waals surface area contributed by atoms with E-state index in [4.69, 9.17) is 0 Å². The number of aromatic nitrogens is 1. The minimum atomic E-state index is -0.335. The van der Waals surface area contributed by atoms with E-state index in [1.807, 2.05) is 45.9 Å². The molecular formula is C21H28N2O2. The van der Waals surface area contributed by atoms with Crippen molar-refractivity contribution in [2.45, 2.75) is 60.4 Å². The number of aryl methyl sites for hydroxylation is 3. The molecule has 2 rings (SSSR count). The van der Waals surface area contributed by atoms with Crippen molar-refractivity contribution in [3.05, 3.63) is 62.6 Å². The fourth-order valence-corrected chi connectivity index (χ4v) is 3.20. The number of amides is 1. The average Bonchev–Trinajstić information content (AvgIpc) is 2.53. The van der Waals surface area contributed by atoms with Gasteiger partial charge in [-0.15, -0.1) is 0 Å². The van der Waals surface area contributed by atoms with Gasteiger partial charge in [0.25, 0.3) is 5.91 Å². The average molecular weight is 340 g/mol. The van der Waals surface area contributed by atoms with E-state index in [2.05, 4.69) is 16.8 Å². The number of unbranched alkanes of at least 4 members (excludes halogenated alkanes) is 2. The van der Waals surface area contributed by atoms with E-state index in [0.717, 1.165) is 54.0 Å². The first kappa shape index (κ1) is 19.0. The third-order valence-electron chi connectivity index (χ3n) is 4.62. The Morgan fingerprint density at radius 1 is 1.08 bits per heavy atom. The van der Waals surface area contributed by atoms with E-state index in [9.17, 15) is 9.59 Å². The molecule has 4 nitrogen and oxygen atoms in total. The largest absolute Gasteiger partial charge is 0.348 e. The van der Waals surface area contributed by atoms with E-state index in [1.165, 1.54) is 0 Å². The van der Waals surface area contributed by atoms with Crippen LogP contribution in [0.5, 0.6) is 0 Å². The summed E-state index contributed by atoms with van der Waals surface area (Å²) in [5.41, 5.74) is 4.53.